The molecule has 0 spiro atoms. The Hall–Kier alpha value is -2.08. The van der Waals surface area contributed by atoms with Crippen molar-refractivity contribution in [2.24, 2.45) is 0 Å². The molecule has 24 heavy (non-hydrogen) atoms. The molecule has 1 fully saturated rings. The molecule has 0 saturated carbocycles. The molecule has 1 aromatic rings. The van der Waals surface area contributed by atoms with Crippen molar-refractivity contribution in [1.82, 2.24) is 4.90 Å². The van der Waals surface area contributed by atoms with Crippen molar-refractivity contribution >= 4 is 12.1 Å². The zero-order chi connectivity index (χ0) is 17.7. The molecule has 1 aliphatic heterocycles. The molecule has 1 aliphatic rings. The van der Waals surface area contributed by atoms with Crippen molar-refractivity contribution in [3.63, 3.8) is 0 Å². The fourth-order valence-electron chi connectivity index (χ4n) is 2.53. The summed E-state index contributed by atoms with van der Waals surface area (Å²) in [6.07, 6.45) is -0.608. The van der Waals surface area contributed by atoms with Crippen molar-refractivity contribution in [1.29, 1.82) is 0 Å². The molecular weight excluding hydrogens is 310 g/mol. The first-order valence-corrected chi connectivity index (χ1v) is 8.14. The molecule has 0 aromatic heterocycles. The molecule has 0 radical (unpaired) electrons. The number of ether oxygens (including phenoxy) is 2. The number of carbonyl (C=O) groups excluding carboxylic acids is 2. The van der Waals surface area contributed by atoms with Crippen LogP contribution in [0.3, 0.4) is 0 Å². The fraction of sp³-hybridized carbons (Fsp3) is 0.556. The van der Waals surface area contributed by atoms with Crippen molar-refractivity contribution in [2.45, 2.75) is 58.0 Å². The standard InChI is InChI=1S/C18H25NO5/c1-18(2,3)24-17(22)19-10-9-14(20)11-15(19)16(21)23-12-13-7-5-4-6-8-13/h4-8,14-15,20H,9-12H2,1-3H3/t14-,15+/m0/s1. The van der Waals surface area contributed by atoms with Crippen LogP contribution in [0.1, 0.15) is 39.2 Å². The van der Waals surface area contributed by atoms with Gasteiger partial charge in [-0.05, 0) is 32.8 Å². The second-order valence-corrected chi connectivity index (χ2v) is 6.96. The highest BCUT2D eigenvalue weighted by atomic mass is 16.6. The highest BCUT2D eigenvalue weighted by Crippen LogP contribution is 2.22. The predicted molar refractivity (Wildman–Crippen MR) is 88.2 cm³/mol. The number of piperidine rings is 1. The van der Waals surface area contributed by atoms with Gasteiger partial charge in [0.15, 0.2) is 0 Å². The quantitative estimate of drug-likeness (QED) is 0.859. The number of aliphatic hydroxyl groups is 1. The van der Waals surface area contributed by atoms with E-state index in [-0.39, 0.29) is 19.6 Å². The molecule has 6 nitrogen and oxygen atoms in total. The van der Waals surface area contributed by atoms with Gasteiger partial charge in [0.25, 0.3) is 0 Å². The van der Waals surface area contributed by atoms with Gasteiger partial charge in [-0.2, -0.15) is 0 Å². The highest BCUT2D eigenvalue weighted by molar-refractivity contribution is 5.82. The lowest BCUT2D eigenvalue weighted by molar-refractivity contribution is -0.154. The van der Waals surface area contributed by atoms with E-state index >= 15 is 0 Å². The number of benzene rings is 1. The Morgan fingerprint density at radius 1 is 1.25 bits per heavy atom. The van der Waals surface area contributed by atoms with Crippen LogP contribution in [0.25, 0.3) is 0 Å². The van der Waals surface area contributed by atoms with Crippen LogP contribution in [0, 0.1) is 0 Å². The second kappa shape index (κ2) is 7.66. The van der Waals surface area contributed by atoms with Gasteiger partial charge in [0.2, 0.25) is 0 Å². The molecule has 1 amide bonds. The number of hydrogen-bond donors (Lipinski definition) is 1. The Bertz CT molecular complexity index is 567. The van der Waals surface area contributed by atoms with Crippen LogP contribution in [0.2, 0.25) is 0 Å². The Kier molecular flexibility index (Phi) is 5.83. The van der Waals surface area contributed by atoms with Crippen LogP contribution in [0.4, 0.5) is 4.79 Å². The topological polar surface area (TPSA) is 76.1 Å². The van der Waals surface area contributed by atoms with E-state index in [1.54, 1.807) is 20.8 Å². The number of esters is 1. The number of nitrogens with zero attached hydrogens (tertiary/aromatic N) is 1. The number of carbonyl (C=O) groups is 2. The molecule has 1 heterocycles. The first-order chi connectivity index (χ1) is 11.3. The monoisotopic (exact) mass is 335 g/mol. The van der Waals surface area contributed by atoms with Gasteiger partial charge in [-0.1, -0.05) is 30.3 Å². The number of aliphatic hydroxyl groups excluding tert-OH is 1. The smallest absolute Gasteiger partial charge is 0.411 e. The lowest BCUT2D eigenvalue weighted by Crippen LogP contribution is -2.53. The fourth-order valence-corrected chi connectivity index (χ4v) is 2.53. The van der Waals surface area contributed by atoms with Crippen molar-refractivity contribution < 1.29 is 24.2 Å². The zero-order valence-electron chi connectivity index (χ0n) is 14.4. The van der Waals surface area contributed by atoms with Gasteiger partial charge < -0.3 is 14.6 Å². The van der Waals surface area contributed by atoms with Gasteiger partial charge in [0.1, 0.15) is 18.2 Å². The molecule has 0 aliphatic carbocycles. The number of hydrogen-bond acceptors (Lipinski definition) is 5. The molecular formula is C18H25NO5. The SMILES string of the molecule is CC(C)(C)OC(=O)N1CC[C@H](O)C[C@@H]1C(=O)OCc1ccccc1. The van der Waals surface area contributed by atoms with E-state index in [0.29, 0.717) is 6.42 Å². The summed E-state index contributed by atoms with van der Waals surface area (Å²) in [6.45, 7) is 5.71. The Morgan fingerprint density at radius 2 is 1.92 bits per heavy atom. The van der Waals surface area contributed by atoms with Gasteiger partial charge in [0, 0.05) is 13.0 Å². The first kappa shape index (κ1) is 18.3. The maximum absolute atomic E-state index is 12.4. The van der Waals surface area contributed by atoms with Crippen LogP contribution in [0.5, 0.6) is 0 Å². The summed E-state index contributed by atoms with van der Waals surface area (Å²) >= 11 is 0. The number of likely N-dealkylation sites (tertiary alicyclic amines) is 1. The third-order valence-corrected chi connectivity index (χ3v) is 3.70. The third-order valence-electron chi connectivity index (χ3n) is 3.70. The summed E-state index contributed by atoms with van der Waals surface area (Å²) in [6, 6.07) is 8.49. The predicted octanol–water partition coefficient (Wildman–Crippen LogP) is 2.49. The van der Waals surface area contributed by atoms with Crippen LogP contribution in [-0.4, -0.2) is 46.4 Å². The van der Waals surface area contributed by atoms with E-state index in [2.05, 4.69) is 0 Å². The molecule has 2 atom stereocenters. The lowest BCUT2D eigenvalue weighted by Gasteiger charge is -2.37. The summed E-state index contributed by atoms with van der Waals surface area (Å²) in [5, 5.41) is 9.86. The summed E-state index contributed by atoms with van der Waals surface area (Å²) in [7, 11) is 0. The zero-order valence-corrected chi connectivity index (χ0v) is 14.4. The van der Waals surface area contributed by atoms with Crippen LogP contribution in [-0.2, 0) is 20.9 Å². The van der Waals surface area contributed by atoms with Gasteiger partial charge in [-0.25, -0.2) is 9.59 Å². The normalized spacial score (nSPS) is 21.2. The first-order valence-electron chi connectivity index (χ1n) is 8.14. The molecule has 1 saturated heterocycles. The van der Waals surface area contributed by atoms with E-state index < -0.39 is 29.8 Å². The van der Waals surface area contributed by atoms with Crippen LogP contribution >= 0.6 is 0 Å². The van der Waals surface area contributed by atoms with Gasteiger partial charge in [0.05, 0.1) is 6.10 Å². The Labute approximate surface area is 142 Å². The molecule has 132 valence electrons. The van der Waals surface area contributed by atoms with Crippen molar-refractivity contribution in [3.05, 3.63) is 35.9 Å². The van der Waals surface area contributed by atoms with E-state index in [0.717, 1.165) is 5.56 Å². The van der Waals surface area contributed by atoms with Gasteiger partial charge in [-0.15, -0.1) is 0 Å². The van der Waals surface area contributed by atoms with Crippen LogP contribution in [0.15, 0.2) is 30.3 Å². The second-order valence-electron chi connectivity index (χ2n) is 6.96. The largest absolute Gasteiger partial charge is 0.459 e. The van der Waals surface area contributed by atoms with Crippen LogP contribution < -0.4 is 0 Å². The van der Waals surface area contributed by atoms with E-state index in [9.17, 15) is 14.7 Å². The summed E-state index contributed by atoms with van der Waals surface area (Å²) in [5.41, 5.74) is 0.220. The van der Waals surface area contributed by atoms with E-state index in [4.69, 9.17) is 9.47 Å². The average Bonchev–Trinajstić information content (AvgIpc) is 2.51. The lowest BCUT2D eigenvalue weighted by atomic mass is 10.00. The maximum Gasteiger partial charge on any atom is 0.411 e. The van der Waals surface area contributed by atoms with Gasteiger partial charge >= 0.3 is 12.1 Å². The summed E-state index contributed by atoms with van der Waals surface area (Å²) < 4.78 is 10.7. The highest BCUT2D eigenvalue weighted by Gasteiger charge is 2.38. The van der Waals surface area contributed by atoms with Gasteiger partial charge in [-0.3, -0.25) is 4.90 Å². The summed E-state index contributed by atoms with van der Waals surface area (Å²) in [5.74, 6) is -0.525. The molecule has 2 rings (SSSR count). The Balaban J connectivity index is 2.02. The minimum Gasteiger partial charge on any atom is -0.459 e. The minimum atomic E-state index is -0.827. The number of rotatable bonds is 3. The summed E-state index contributed by atoms with van der Waals surface area (Å²) in [4.78, 5) is 26.1. The maximum atomic E-state index is 12.4. The van der Waals surface area contributed by atoms with Crippen molar-refractivity contribution in [3.8, 4) is 0 Å². The molecule has 1 N–H and O–H groups in total. The molecule has 6 heteroatoms. The molecule has 0 unspecified atom stereocenters. The molecule has 0 bridgehead atoms. The number of amides is 1. The third kappa shape index (κ3) is 5.23. The van der Waals surface area contributed by atoms with E-state index in [1.807, 2.05) is 30.3 Å². The Morgan fingerprint density at radius 3 is 2.54 bits per heavy atom. The van der Waals surface area contributed by atoms with Crippen molar-refractivity contribution in [2.75, 3.05) is 6.54 Å². The van der Waals surface area contributed by atoms with E-state index in [1.165, 1.54) is 4.90 Å². The molecule has 1 aromatic carbocycles. The minimum absolute atomic E-state index is 0.133. The average molecular weight is 335 g/mol.